The van der Waals surface area contributed by atoms with Gasteiger partial charge in [0.25, 0.3) is 0 Å². The van der Waals surface area contributed by atoms with Crippen molar-refractivity contribution in [2.75, 3.05) is 5.73 Å². The first-order chi connectivity index (χ1) is 9.92. The lowest BCUT2D eigenvalue weighted by atomic mass is 9.84. The highest BCUT2D eigenvalue weighted by Gasteiger charge is 2.24. The van der Waals surface area contributed by atoms with E-state index in [0.717, 1.165) is 12.1 Å². The molecule has 0 unspecified atom stereocenters. The number of hydrogen-bond acceptors (Lipinski definition) is 5. The molecule has 110 valence electrons. The molecule has 0 bridgehead atoms. The molecule has 0 saturated carbocycles. The molecule has 0 atom stereocenters. The summed E-state index contributed by atoms with van der Waals surface area (Å²) in [5.41, 5.74) is 7.51. The van der Waals surface area contributed by atoms with Crippen molar-refractivity contribution >= 4 is 5.82 Å². The second kappa shape index (κ2) is 5.58. The Balaban J connectivity index is 2.66. The van der Waals surface area contributed by atoms with Crippen LogP contribution in [0.1, 0.15) is 44.2 Å². The number of nitrogen functional groups attached to an aromatic ring is 1. The smallest absolute Gasteiger partial charge is 0.142 e. The first kappa shape index (κ1) is 15.1. The van der Waals surface area contributed by atoms with Crippen molar-refractivity contribution in [1.82, 2.24) is 4.98 Å². The predicted octanol–water partition coefficient (Wildman–Crippen LogP) is 2.98. The zero-order valence-corrected chi connectivity index (χ0v) is 12.5. The number of nitrogens with zero attached hydrogens (tertiary/aromatic N) is 2. The van der Waals surface area contributed by atoms with Gasteiger partial charge in [0.1, 0.15) is 35.6 Å². The van der Waals surface area contributed by atoms with E-state index in [4.69, 9.17) is 15.3 Å². The van der Waals surface area contributed by atoms with Gasteiger partial charge in [0.05, 0.1) is 0 Å². The van der Waals surface area contributed by atoms with Crippen LogP contribution in [0, 0.1) is 11.3 Å². The van der Waals surface area contributed by atoms with Gasteiger partial charge in [0.15, 0.2) is 0 Å². The van der Waals surface area contributed by atoms with Crippen LogP contribution < -0.4 is 5.73 Å². The normalized spacial score (nSPS) is 11.4. The van der Waals surface area contributed by atoms with E-state index in [0.29, 0.717) is 22.6 Å². The Hall–Kier alpha value is -2.32. The summed E-state index contributed by atoms with van der Waals surface area (Å²) >= 11 is 0. The van der Waals surface area contributed by atoms with Crippen LogP contribution >= 0.6 is 0 Å². The van der Waals surface area contributed by atoms with Gasteiger partial charge in [-0.05, 0) is 24.6 Å². The van der Waals surface area contributed by atoms with Gasteiger partial charge in [0.2, 0.25) is 0 Å². The molecule has 0 aliphatic rings. The number of hydrogen-bond donors (Lipinski definition) is 2. The molecule has 0 fully saturated rings. The Morgan fingerprint density at radius 1 is 1.43 bits per heavy atom. The van der Waals surface area contributed by atoms with E-state index in [1.165, 1.54) is 0 Å². The summed E-state index contributed by atoms with van der Waals surface area (Å²) in [5, 5.41) is 18.4. The van der Waals surface area contributed by atoms with E-state index in [1.807, 2.05) is 6.07 Å². The number of rotatable bonds is 4. The molecule has 0 spiro atoms. The minimum atomic E-state index is -0.185. The molecule has 0 amide bonds. The van der Waals surface area contributed by atoms with E-state index in [-0.39, 0.29) is 17.8 Å². The van der Waals surface area contributed by atoms with E-state index in [9.17, 15) is 5.26 Å². The molecular weight excluding hydrogens is 266 g/mol. The fraction of sp³-hybridized carbons (Fsp3) is 0.375. The van der Waals surface area contributed by atoms with Crippen molar-refractivity contribution in [3.05, 3.63) is 35.2 Å². The first-order valence-corrected chi connectivity index (χ1v) is 6.84. The molecule has 0 aliphatic heterocycles. The van der Waals surface area contributed by atoms with Crippen molar-refractivity contribution in [3.8, 4) is 17.4 Å². The number of furan rings is 1. The molecule has 21 heavy (non-hydrogen) atoms. The van der Waals surface area contributed by atoms with Crippen LogP contribution in [0.15, 0.2) is 22.6 Å². The average Bonchev–Trinajstić information content (AvgIpc) is 2.95. The molecule has 2 aromatic heterocycles. The van der Waals surface area contributed by atoms with Gasteiger partial charge in [-0.3, -0.25) is 0 Å². The highest BCUT2D eigenvalue weighted by atomic mass is 16.4. The van der Waals surface area contributed by atoms with Crippen molar-refractivity contribution in [2.45, 2.75) is 39.2 Å². The van der Waals surface area contributed by atoms with Gasteiger partial charge in [-0.1, -0.05) is 20.8 Å². The molecular formula is C16H19N3O2. The highest BCUT2D eigenvalue weighted by molar-refractivity contribution is 5.73. The predicted molar refractivity (Wildman–Crippen MR) is 80.3 cm³/mol. The van der Waals surface area contributed by atoms with Gasteiger partial charge >= 0.3 is 0 Å². The van der Waals surface area contributed by atoms with E-state index < -0.39 is 0 Å². The van der Waals surface area contributed by atoms with Crippen molar-refractivity contribution < 1.29 is 9.52 Å². The Morgan fingerprint density at radius 3 is 2.67 bits per heavy atom. The molecule has 0 radical (unpaired) electrons. The number of anilines is 1. The Labute approximate surface area is 124 Å². The fourth-order valence-corrected chi connectivity index (χ4v) is 2.01. The molecule has 2 rings (SSSR count). The Kier molecular flexibility index (Phi) is 4.01. The topological polar surface area (TPSA) is 96.1 Å². The maximum atomic E-state index is 9.31. The summed E-state index contributed by atoms with van der Waals surface area (Å²) in [5.74, 6) is 1.16. The van der Waals surface area contributed by atoms with Gasteiger partial charge in [-0.25, -0.2) is 4.98 Å². The van der Waals surface area contributed by atoms with Crippen molar-refractivity contribution in [2.24, 2.45) is 0 Å². The third kappa shape index (κ3) is 2.76. The lowest BCUT2D eigenvalue weighted by Gasteiger charge is -2.23. The summed E-state index contributed by atoms with van der Waals surface area (Å²) in [6, 6.07) is 7.33. The third-order valence-corrected chi connectivity index (χ3v) is 3.82. The average molecular weight is 285 g/mol. The van der Waals surface area contributed by atoms with Gasteiger partial charge in [-0.15, -0.1) is 0 Å². The maximum Gasteiger partial charge on any atom is 0.142 e. The minimum Gasteiger partial charge on any atom is -0.459 e. The Bertz CT molecular complexity index is 696. The summed E-state index contributed by atoms with van der Waals surface area (Å²) < 4.78 is 5.53. The number of aromatic nitrogens is 1. The van der Waals surface area contributed by atoms with Crippen LogP contribution in [0.25, 0.3) is 11.3 Å². The summed E-state index contributed by atoms with van der Waals surface area (Å²) in [6.07, 6.45) is 0.894. The third-order valence-electron chi connectivity index (χ3n) is 3.82. The second-order valence-corrected chi connectivity index (χ2v) is 5.59. The largest absolute Gasteiger partial charge is 0.459 e. The lowest BCUT2D eigenvalue weighted by Crippen LogP contribution is -2.19. The lowest BCUT2D eigenvalue weighted by molar-refractivity contribution is 0.248. The van der Waals surface area contributed by atoms with E-state index >= 15 is 0 Å². The number of aliphatic hydroxyl groups is 1. The number of pyridine rings is 1. The minimum absolute atomic E-state index is 0.150. The van der Waals surface area contributed by atoms with Gasteiger partial charge < -0.3 is 15.3 Å². The van der Waals surface area contributed by atoms with Crippen molar-refractivity contribution in [3.63, 3.8) is 0 Å². The van der Waals surface area contributed by atoms with E-state index in [2.05, 4.69) is 31.8 Å². The number of nitrogens with two attached hydrogens (primary N) is 1. The van der Waals surface area contributed by atoms with Crippen LogP contribution in [-0.2, 0) is 12.0 Å². The monoisotopic (exact) mass is 285 g/mol. The summed E-state index contributed by atoms with van der Waals surface area (Å²) in [4.78, 5) is 4.36. The second-order valence-electron chi connectivity index (χ2n) is 5.59. The highest BCUT2D eigenvalue weighted by Crippen LogP contribution is 2.34. The summed E-state index contributed by atoms with van der Waals surface area (Å²) in [6.45, 7) is 6.04. The molecule has 2 heterocycles. The SMILES string of the molecule is CCC(C)(C)c1cc(-c2ccc(CO)o2)c(C#N)c(N)n1. The quantitative estimate of drug-likeness (QED) is 0.900. The van der Waals surface area contributed by atoms with Crippen LogP contribution in [-0.4, -0.2) is 10.1 Å². The van der Waals surface area contributed by atoms with Crippen LogP contribution in [0.5, 0.6) is 0 Å². The van der Waals surface area contributed by atoms with Crippen LogP contribution in [0.4, 0.5) is 5.82 Å². The molecule has 0 aliphatic carbocycles. The molecule has 2 aromatic rings. The molecule has 5 heteroatoms. The van der Waals surface area contributed by atoms with Crippen LogP contribution in [0.3, 0.4) is 0 Å². The van der Waals surface area contributed by atoms with Gasteiger partial charge in [-0.2, -0.15) is 5.26 Å². The number of aliphatic hydroxyl groups excluding tert-OH is 1. The molecule has 5 nitrogen and oxygen atoms in total. The summed E-state index contributed by atoms with van der Waals surface area (Å²) in [7, 11) is 0. The maximum absolute atomic E-state index is 9.31. The number of nitriles is 1. The standard InChI is InChI=1S/C16H19N3O2/c1-4-16(2,3)14-7-11(12(8-17)15(18)19-14)13-6-5-10(9-20)21-13/h5-7,20H,4,9H2,1-3H3,(H2,18,19). The Morgan fingerprint density at radius 2 is 2.14 bits per heavy atom. The van der Waals surface area contributed by atoms with E-state index in [1.54, 1.807) is 12.1 Å². The molecule has 3 N–H and O–H groups in total. The van der Waals surface area contributed by atoms with Crippen LogP contribution in [0.2, 0.25) is 0 Å². The first-order valence-electron chi connectivity index (χ1n) is 6.84. The fourth-order valence-electron chi connectivity index (χ4n) is 2.01. The molecule has 0 aromatic carbocycles. The molecule has 0 saturated heterocycles. The zero-order valence-electron chi connectivity index (χ0n) is 12.5. The zero-order chi connectivity index (χ0) is 15.6. The van der Waals surface area contributed by atoms with Gasteiger partial charge in [0, 0.05) is 16.7 Å². The van der Waals surface area contributed by atoms with Crippen molar-refractivity contribution in [1.29, 1.82) is 5.26 Å².